The van der Waals surface area contributed by atoms with E-state index in [0.717, 1.165) is 65.1 Å². The van der Waals surface area contributed by atoms with Gasteiger partial charge in [0.2, 0.25) is 5.91 Å². The van der Waals surface area contributed by atoms with E-state index in [2.05, 4.69) is 16.7 Å². The Balaban J connectivity index is 1.54. The molecule has 0 bridgehead atoms. The van der Waals surface area contributed by atoms with Crippen molar-refractivity contribution >= 4 is 5.91 Å². The zero-order valence-electron chi connectivity index (χ0n) is 15.5. The maximum absolute atomic E-state index is 11.6. The molecule has 1 N–H and O–H groups in total. The van der Waals surface area contributed by atoms with Gasteiger partial charge in [0.25, 0.3) is 0 Å². The summed E-state index contributed by atoms with van der Waals surface area (Å²) in [4.78, 5) is 18.7. The molecule has 0 aromatic carbocycles. The number of hydrogen-bond donors (Lipinski definition) is 1. The van der Waals surface area contributed by atoms with Crippen LogP contribution in [0.1, 0.15) is 52.4 Å². The molecular formula is C19H35N3O2. The maximum atomic E-state index is 11.6. The van der Waals surface area contributed by atoms with Gasteiger partial charge in [0.1, 0.15) is 0 Å². The summed E-state index contributed by atoms with van der Waals surface area (Å²) in [5.41, 5.74) is -0.447. The zero-order chi connectivity index (χ0) is 17.2. The molecular weight excluding hydrogens is 302 g/mol. The van der Waals surface area contributed by atoms with E-state index in [1.807, 2.05) is 4.90 Å². The van der Waals surface area contributed by atoms with Crippen molar-refractivity contribution in [3.8, 4) is 0 Å². The number of nitrogens with zero attached hydrogens (tertiary/aromatic N) is 3. The van der Waals surface area contributed by atoms with E-state index >= 15 is 0 Å². The topological polar surface area (TPSA) is 47.0 Å². The lowest BCUT2D eigenvalue weighted by atomic mass is 9.84. The Labute approximate surface area is 147 Å². The van der Waals surface area contributed by atoms with Crippen molar-refractivity contribution < 1.29 is 9.90 Å². The van der Waals surface area contributed by atoms with E-state index in [4.69, 9.17) is 0 Å². The van der Waals surface area contributed by atoms with E-state index in [0.29, 0.717) is 12.0 Å². The smallest absolute Gasteiger partial charge is 0.219 e. The van der Waals surface area contributed by atoms with Crippen LogP contribution in [0.3, 0.4) is 0 Å². The highest BCUT2D eigenvalue weighted by atomic mass is 16.3. The predicted octanol–water partition coefficient (Wildman–Crippen LogP) is 1.56. The molecule has 0 radical (unpaired) electrons. The Morgan fingerprint density at radius 3 is 2.50 bits per heavy atom. The van der Waals surface area contributed by atoms with Crippen molar-refractivity contribution in [1.82, 2.24) is 14.7 Å². The number of aliphatic hydroxyl groups is 1. The van der Waals surface area contributed by atoms with Crippen LogP contribution in [0.25, 0.3) is 0 Å². The molecule has 2 atom stereocenters. The van der Waals surface area contributed by atoms with Crippen LogP contribution in [0.4, 0.5) is 0 Å². The van der Waals surface area contributed by atoms with Gasteiger partial charge in [-0.05, 0) is 25.2 Å². The van der Waals surface area contributed by atoms with Crippen LogP contribution in [0.5, 0.6) is 0 Å². The lowest BCUT2D eigenvalue weighted by Crippen LogP contribution is -2.46. The second-order valence-corrected chi connectivity index (χ2v) is 8.42. The van der Waals surface area contributed by atoms with Gasteiger partial charge in [0, 0.05) is 58.8 Å². The van der Waals surface area contributed by atoms with Gasteiger partial charge in [-0.2, -0.15) is 0 Å². The number of likely N-dealkylation sites (tertiary alicyclic amines) is 1. The molecule has 5 nitrogen and oxygen atoms in total. The standard InChI is InChI=1S/C19H35N3O2/c1-16-13-20(15-19(24)7-4-3-5-8-19)14-18(16)22-10-6-9-21(11-12-22)17(2)23/h16,18,24H,3-15H2,1-2H3/t16-,18-/m1/s1. The number of β-amino-alcohol motifs (C(OH)–C–C–N with tert-alkyl or cyclic N) is 1. The van der Waals surface area contributed by atoms with Crippen LogP contribution in [0.15, 0.2) is 0 Å². The molecule has 3 rings (SSSR count). The van der Waals surface area contributed by atoms with Crippen LogP contribution in [0.2, 0.25) is 0 Å². The summed E-state index contributed by atoms with van der Waals surface area (Å²) >= 11 is 0. The average Bonchev–Trinajstić information content (AvgIpc) is 2.74. The molecule has 1 saturated carbocycles. The van der Waals surface area contributed by atoms with E-state index in [1.165, 1.54) is 19.3 Å². The van der Waals surface area contributed by atoms with Gasteiger partial charge >= 0.3 is 0 Å². The molecule has 5 heteroatoms. The fourth-order valence-corrected chi connectivity index (χ4v) is 5.02. The minimum absolute atomic E-state index is 0.206. The van der Waals surface area contributed by atoms with Crippen LogP contribution in [0, 0.1) is 5.92 Å². The van der Waals surface area contributed by atoms with Crippen LogP contribution < -0.4 is 0 Å². The fourth-order valence-electron chi connectivity index (χ4n) is 5.02. The van der Waals surface area contributed by atoms with E-state index in [9.17, 15) is 9.90 Å². The van der Waals surface area contributed by atoms with Crippen molar-refractivity contribution in [3.63, 3.8) is 0 Å². The van der Waals surface area contributed by atoms with Crippen molar-refractivity contribution in [3.05, 3.63) is 0 Å². The minimum atomic E-state index is -0.447. The first kappa shape index (κ1) is 18.2. The van der Waals surface area contributed by atoms with E-state index < -0.39 is 5.60 Å². The van der Waals surface area contributed by atoms with Gasteiger partial charge in [-0.3, -0.25) is 14.6 Å². The van der Waals surface area contributed by atoms with Gasteiger partial charge in [-0.15, -0.1) is 0 Å². The Morgan fingerprint density at radius 1 is 1.04 bits per heavy atom. The maximum Gasteiger partial charge on any atom is 0.219 e. The number of hydrogen-bond acceptors (Lipinski definition) is 4. The second-order valence-electron chi connectivity index (χ2n) is 8.42. The van der Waals surface area contributed by atoms with Gasteiger partial charge in [0.15, 0.2) is 0 Å². The summed E-state index contributed by atoms with van der Waals surface area (Å²) in [5.74, 6) is 0.846. The number of carbonyl (C=O) groups excluding carboxylic acids is 1. The molecule has 0 aromatic rings. The minimum Gasteiger partial charge on any atom is -0.389 e. The normalized spacial score (nSPS) is 32.7. The van der Waals surface area contributed by atoms with Crippen molar-refractivity contribution in [2.24, 2.45) is 5.92 Å². The van der Waals surface area contributed by atoms with Crippen molar-refractivity contribution in [2.75, 3.05) is 45.8 Å². The first-order valence-electron chi connectivity index (χ1n) is 9.91. The molecule has 2 saturated heterocycles. The van der Waals surface area contributed by atoms with Gasteiger partial charge < -0.3 is 10.0 Å². The van der Waals surface area contributed by atoms with Gasteiger partial charge in [0.05, 0.1) is 5.60 Å². The number of amides is 1. The lowest BCUT2D eigenvalue weighted by Gasteiger charge is -2.36. The first-order valence-corrected chi connectivity index (χ1v) is 9.91. The predicted molar refractivity (Wildman–Crippen MR) is 95.9 cm³/mol. The van der Waals surface area contributed by atoms with E-state index in [1.54, 1.807) is 6.92 Å². The zero-order valence-corrected chi connectivity index (χ0v) is 15.5. The second kappa shape index (κ2) is 7.71. The van der Waals surface area contributed by atoms with E-state index in [-0.39, 0.29) is 5.91 Å². The Bertz CT molecular complexity index is 436. The molecule has 2 aliphatic heterocycles. The molecule has 2 heterocycles. The third-order valence-electron chi connectivity index (χ3n) is 6.40. The first-order chi connectivity index (χ1) is 11.5. The third kappa shape index (κ3) is 4.30. The SMILES string of the molecule is CC(=O)N1CCCN([C@@H]2CN(CC3(O)CCCCC3)C[C@H]2C)CC1. The summed E-state index contributed by atoms with van der Waals surface area (Å²) in [7, 11) is 0. The highest BCUT2D eigenvalue weighted by molar-refractivity contribution is 5.73. The lowest BCUT2D eigenvalue weighted by molar-refractivity contribution is -0.128. The number of rotatable bonds is 3. The van der Waals surface area contributed by atoms with Crippen LogP contribution in [-0.2, 0) is 4.79 Å². The highest BCUT2D eigenvalue weighted by Crippen LogP contribution is 2.31. The van der Waals surface area contributed by atoms with Crippen molar-refractivity contribution in [2.45, 2.75) is 64.0 Å². The average molecular weight is 338 g/mol. The number of carbonyl (C=O) groups is 1. The molecule has 24 heavy (non-hydrogen) atoms. The molecule has 0 unspecified atom stereocenters. The molecule has 138 valence electrons. The Morgan fingerprint density at radius 2 is 1.79 bits per heavy atom. The molecule has 1 aliphatic carbocycles. The summed E-state index contributed by atoms with van der Waals surface area (Å²) < 4.78 is 0. The Kier molecular flexibility index (Phi) is 5.83. The van der Waals surface area contributed by atoms with Crippen LogP contribution in [-0.4, -0.2) is 83.2 Å². The summed E-state index contributed by atoms with van der Waals surface area (Å²) in [6.07, 6.45) is 6.65. The van der Waals surface area contributed by atoms with Gasteiger partial charge in [-0.25, -0.2) is 0 Å². The highest BCUT2D eigenvalue weighted by Gasteiger charge is 2.39. The third-order valence-corrected chi connectivity index (χ3v) is 6.40. The Hall–Kier alpha value is -0.650. The quantitative estimate of drug-likeness (QED) is 0.849. The molecule has 3 fully saturated rings. The fraction of sp³-hybridized carbons (Fsp3) is 0.947. The summed E-state index contributed by atoms with van der Waals surface area (Å²) in [5, 5.41) is 10.9. The molecule has 3 aliphatic rings. The molecule has 1 amide bonds. The van der Waals surface area contributed by atoms with Crippen LogP contribution >= 0.6 is 0 Å². The van der Waals surface area contributed by atoms with Gasteiger partial charge in [-0.1, -0.05) is 26.2 Å². The summed E-state index contributed by atoms with van der Waals surface area (Å²) in [6.45, 7) is 10.9. The molecule has 0 spiro atoms. The molecule has 0 aromatic heterocycles. The largest absolute Gasteiger partial charge is 0.389 e. The van der Waals surface area contributed by atoms with Crippen molar-refractivity contribution in [1.29, 1.82) is 0 Å². The monoisotopic (exact) mass is 337 g/mol. The summed E-state index contributed by atoms with van der Waals surface area (Å²) in [6, 6.07) is 0.573.